The van der Waals surface area contributed by atoms with E-state index in [2.05, 4.69) is 10.4 Å². The zero-order valence-corrected chi connectivity index (χ0v) is 15.7. The number of rotatable bonds is 3. The van der Waals surface area contributed by atoms with Crippen molar-refractivity contribution in [3.05, 3.63) is 70.9 Å². The van der Waals surface area contributed by atoms with Gasteiger partial charge in [0.05, 0.1) is 18.3 Å². The van der Waals surface area contributed by atoms with Gasteiger partial charge in [-0.25, -0.2) is 9.59 Å². The van der Waals surface area contributed by atoms with Crippen molar-refractivity contribution < 1.29 is 9.53 Å². The van der Waals surface area contributed by atoms with E-state index in [0.717, 1.165) is 17.7 Å². The Morgan fingerprint density at radius 3 is 2.61 bits per heavy atom. The first-order valence-corrected chi connectivity index (χ1v) is 8.97. The van der Waals surface area contributed by atoms with E-state index in [0.29, 0.717) is 17.9 Å². The lowest BCUT2D eigenvalue weighted by Crippen LogP contribution is -2.45. The Bertz CT molecular complexity index is 1050. The molecule has 2 amide bonds. The van der Waals surface area contributed by atoms with Gasteiger partial charge < -0.3 is 10.1 Å². The van der Waals surface area contributed by atoms with Crippen LogP contribution in [-0.2, 0) is 18.2 Å². The van der Waals surface area contributed by atoms with E-state index in [1.54, 1.807) is 43.3 Å². The molecule has 0 fully saturated rings. The quantitative estimate of drug-likeness (QED) is 0.756. The standard InChI is InChI=1S/C20H21N5O3/c1-23-13-21-25(20(23)27)16-9-7-15(8-10-16)22-19(26)24-12-17(28-2)11-14-5-3-4-6-18(14)24/h3-10,13,17H,11-12H2,1-2H3,(H,22,26). The van der Waals surface area contributed by atoms with Gasteiger partial charge >= 0.3 is 11.7 Å². The minimum atomic E-state index is -0.229. The average Bonchev–Trinajstić information content (AvgIpc) is 3.06. The van der Waals surface area contributed by atoms with Gasteiger partial charge in [0.15, 0.2) is 0 Å². The summed E-state index contributed by atoms with van der Waals surface area (Å²) in [5.41, 5.74) is 3.01. The first kappa shape index (κ1) is 18.0. The van der Waals surface area contributed by atoms with Crippen LogP contribution in [0.1, 0.15) is 5.56 Å². The monoisotopic (exact) mass is 379 g/mol. The van der Waals surface area contributed by atoms with Crippen LogP contribution in [-0.4, -0.2) is 40.1 Å². The maximum absolute atomic E-state index is 12.9. The third-order valence-corrected chi connectivity index (χ3v) is 4.88. The number of hydrogen-bond donors (Lipinski definition) is 1. The molecule has 28 heavy (non-hydrogen) atoms. The second-order valence-corrected chi connectivity index (χ2v) is 6.71. The van der Waals surface area contributed by atoms with Gasteiger partial charge in [0.1, 0.15) is 6.33 Å². The fourth-order valence-electron chi connectivity index (χ4n) is 3.34. The Hall–Kier alpha value is -3.39. The summed E-state index contributed by atoms with van der Waals surface area (Å²) in [6.07, 6.45) is 2.20. The van der Waals surface area contributed by atoms with Crippen LogP contribution in [0, 0.1) is 0 Å². The summed E-state index contributed by atoms with van der Waals surface area (Å²) in [6.45, 7) is 0.487. The summed E-state index contributed by atoms with van der Waals surface area (Å²) in [4.78, 5) is 26.6. The van der Waals surface area contributed by atoms with E-state index in [-0.39, 0.29) is 17.8 Å². The highest BCUT2D eigenvalue weighted by molar-refractivity contribution is 6.02. The lowest BCUT2D eigenvalue weighted by molar-refractivity contribution is 0.106. The van der Waals surface area contributed by atoms with Crippen molar-refractivity contribution >= 4 is 17.4 Å². The molecule has 144 valence electrons. The Morgan fingerprint density at radius 1 is 1.18 bits per heavy atom. The molecule has 8 heteroatoms. The van der Waals surface area contributed by atoms with E-state index in [9.17, 15) is 9.59 Å². The Morgan fingerprint density at radius 2 is 1.93 bits per heavy atom. The molecule has 2 heterocycles. The molecule has 0 bridgehead atoms. The maximum Gasteiger partial charge on any atom is 0.350 e. The summed E-state index contributed by atoms with van der Waals surface area (Å²) in [5.74, 6) is 0. The van der Waals surface area contributed by atoms with Gasteiger partial charge in [-0.05, 0) is 35.9 Å². The van der Waals surface area contributed by atoms with Gasteiger partial charge in [0.2, 0.25) is 0 Å². The van der Waals surface area contributed by atoms with E-state index in [1.807, 2.05) is 24.3 Å². The van der Waals surface area contributed by atoms with E-state index >= 15 is 0 Å². The minimum absolute atomic E-state index is 0.0425. The molecule has 1 aliphatic rings. The Labute approximate surface area is 162 Å². The lowest BCUT2D eigenvalue weighted by Gasteiger charge is -2.33. The second kappa shape index (κ2) is 7.32. The number of aromatic nitrogens is 3. The number of carbonyl (C=O) groups excluding carboxylic acids is 1. The SMILES string of the molecule is COC1Cc2ccccc2N(C(=O)Nc2ccc(-n3ncn(C)c3=O)cc2)C1. The fourth-order valence-corrected chi connectivity index (χ4v) is 3.34. The molecule has 4 rings (SSSR count). The summed E-state index contributed by atoms with van der Waals surface area (Å²) in [5, 5.41) is 6.96. The molecule has 0 radical (unpaired) electrons. The highest BCUT2D eigenvalue weighted by Crippen LogP contribution is 2.28. The number of aryl methyl sites for hydroxylation is 1. The third kappa shape index (κ3) is 3.29. The fraction of sp³-hybridized carbons (Fsp3) is 0.250. The van der Waals surface area contributed by atoms with Crippen LogP contribution >= 0.6 is 0 Å². The van der Waals surface area contributed by atoms with Crippen molar-refractivity contribution in [1.82, 2.24) is 14.3 Å². The van der Waals surface area contributed by atoms with Gasteiger partial charge in [-0.15, -0.1) is 0 Å². The van der Waals surface area contributed by atoms with Gasteiger partial charge in [0.25, 0.3) is 0 Å². The smallest absolute Gasteiger partial charge is 0.350 e. The molecule has 3 aromatic rings. The van der Waals surface area contributed by atoms with Crippen LogP contribution in [0.15, 0.2) is 59.7 Å². The van der Waals surface area contributed by atoms with Crippen LogP contribution in [0.5, 0.6) is 0 Å². The number of para-hydroxylation sites is 1. The number of nitrogens with one attached hydrogen (secondary N) is 1. The molecule has 1 unspecified atom stereocenters. The zero-order chi connectivity index (χ0) is 19.7. The van der Waals surface area contributed by atoms with Crippen molar-refractivity contribution in [1.29, 1.82) is 0 Å². The number of urea groups is 1. The number of methoxy groups -OCH3 is 1. The Kier molecular flexibility index (Phi) is 4.70. The predicted octanol–water partition coefficient (Wildman–Crippen LogP) is 2.18. The normalized spacial score (nSPS) is 15.9. The van der Waals surface area contributed by atoms with Gasteiger partial charge in [-0.1, -0.05) is 18.2 Å². The van der Waals surface area contributed by atoms with Crippen LogP contribution in [0.3, 0.4) is 0 Å². The molecule has 0 aliphatic carbocycles. The zero-order valence-electron chi connectivity index (χ0n) is 15.7. The number of carbonyl (C=O) groups is 1. The molecule has 1 atom stereocenters. The number of hydrogen-bond acceptors (Lipinski definition) is 4. The first-order valence-electron chi connectivity index (χ1n) is 8.97. The molecule has 0 saturated heterocycles. The predicted molar refractivity (Wildman–Crippen MR) is 106 cm³/mol. The first-order chi connectivity index (χ1) is 13.6. The molecule has 1 aliphatic heterocycles. The summed E-state index contributed by atoms with van der Waals surface area (Å²) < 4.78 is 8.19. The third-order valence-electron chi connectivity index (χ3n) is 4.88. The van der Waals surface area contributed by atoms with Gasteiger partial charge in [-0.3, -0.25) is 9.47 Å². The van der Waals surface area contributed by atoms with Crippen molar-refractivity contribution in [2.45, 2.75) is 12.5 Å². The number of amides is 2. The second-order valence-electron chi connectivity index (χ2n) is 6.71. The van der Waals surface area contributed by atoms with Crippen molar-refractivity contribution in [2.75, 3.05) is 23.9 Å². The molecular weight excluding hydrogens is 358 g/mol. The molecule has 8 nitrogen and oxygen atoms in total. The number of anilines is 2. The maximum atomic E-state index is 12.9. The van der Waals surface area contributed by atoms with Crippen LogP contribution in [0.4, 0.5) is 16.2 Å². The van der Waals surface area contributed by atoms with Crippen LogP contribution in [0.2, 0.25) is 0 Å². The number of benzene rings is 2. The summed E-state index contributed by atoms with van der Waals surface area (Å²) in [6, 6.07) is 14.6. The highest BCUT2D eigenvalue weighted by atomic mass is 16.5. The molecular formula is C20H21N5O3. The molecule has 0 spiro atoms. The average molecular weight is 379 g/mol. The Balaban J connectivity index is 1.54. The van der Waals surface area contributed by atoms with Gasteiger partial charge in [0, 0.05) is 32.0 Å². The summed E-state index contributed by atoms with van der Waals surface area (Å²) in [7, 11) is 3.30. The lowest BCUT2D eigenvalue weighted by atomic mass is 10.00. The van der Waals surface area contributed by atoms with E-state index in [1.165, 1.54) is 15.6 Å². The molecule has 1 N–H and O–H groups in total. The largest absolute Gasteiger partial charge is 0.379 e. The number of ether oxygens (including phenoxy) is 1. The molecule has 0 saturated carbocycles. The van der Waals surface area contributed by atoms with Crippen molar-refractivity contribution in [2.24, 2.45) is 7.05 Å². The van der Waals surface area contributed by atoms with Crippen molar-refractivity contribution in [3.63, 3.8) is 0 Å². The number of fused-ring (bicyclic) bond motifs is 1. The molecule has 2 aromatic carbocycles. The number of nitrogens with zero attached hydrogens (tertiary/aromatic N) is 4. The highest BCUT2D eigenvalue weighted by Gasteiger charge is 2.28. The van der Waals surface area contributed by atoms with Crippen molar-refractivity contribution in [3.8, 4) is 5.69 Å². The van der Waals surface area contributed by atoms with Crippen LogP contribution < -0.4 is 15.9 Å². The minimum Gasteiger partial charge on any atom is -0.379 e. The van der Waals surface area contributed by atoms with E-state index < -0.39 is 0 Å². The van der Waals surface area contributed by atoms with Crippen LogP contribution in [0.25, 0.3) is 5.69 Å². The summed E-state index contributed by atoms with van der Waals surface area (Å²) >= 11 is 0. The molecule has 1 aromatic heterocycles. The van der Waals surface area contributed by atoms with E-state index in [4.69, 9.17) is 4.74 Å². The van der Waals surface area contributed by atoms with Gasteiger partial charge in [-0.2, -0.15) is 9.78 Å². The topological polar surface area (TPSA) is 81.4 Å².